The average Bonchev–Trinajstić information content (AvgIpc) is 3.44. The molecule has 0 amide bonds. The predicted octanol–water partition coefficient (Wildman–Crippen LogP) is 3.36. The summed E-state index contributed by atoms with van der Waals surface area (Å²) < 4.78 is 6.62. The molecule has 2 fully saturated rings. The highest BCUT2D eigenvalue weighted by atomic mass is 16.5. The van der Waals surface area contributed by atoms with Crippen molar-refractivity contribution in [3.05, 3.63) is 23.3 Å². The first kappa shape index (κ1) is 17.8. The number of hydrogen-bond acceptors (Lipinski definition) is 4. The second-order valence-electron chi connectivity index (χ2n) is 9.38. The molecule has 0 aromatic heterocycles. The van der Waals surface area contributed by atoms with Crippen molar-refractivity contribution in [1.29, 1.82) is 0 Å². The van der Waals surface area contributed by atoms with E-state index in [2.05, 4.69) is 23.6 Å². The molecule has 4 heteroatoms. The van der Waals surface area contributed by atoms with E-state index in [1.54, 1.807) is 0 Å². The lowest BCUT2D eigenvalue weighted by atomic mass is 9.51. The van der Waals surface area contributed by atoms with E-state index in [0.717, 1.165) is 37.5 Å². The first-order valence-corrected chi connectivity index (χ1v) is 11.1. The van der Waals surface area contributed by atoms with Crippen LogP contribution in [0.3, 0.4) is 0 Å². The van der Waals surface area contributed by atoms with Crippen molar-refractivity contribution in [2.75, 3.05) is 20.1 Å². The maximum atomic E-state index is 10.6. The minimum Gasteiger partial charge on any atom is -0.504 e. The van der Waals surface area contributed by atoms with E-state index >= 15 is 0 Å². The molecule has 4 nitrogen and oxygen atoms in total. The van der Waals surface area contributed by atoms with E-state index in [9.17, 15) is 5.11 Å². The fourth-order valence-electron chi connectivity index (χ4n) is 6.56. The summed E-state index contributed by atoms with van der Waals surface area (Å²) in [5.41, 5.74) is 2.84. The van der Waals surface area contributed by atoms with Gasteiger partial charge in [0.05, 0.1) is 0 Å². The number of aromatic hydroxyl groups is 1. The number of phenols is 1. The Morgan fingerprint density at radius 2 is 2.07 bits per heavy atom. The molecule has 3 N–H and O–H groups in total. The van der Waals surface area contributed by atoms with Crippen LogP contribution in [-0.2, 0) is 11.8 Å². The largest absolute Gasteiger partial charge is 0.504 e. The smallest absolute Gasteiger partial charge is 0.165 e. The van der Waals surface area contributed by atoms with Crippen molar-refractivity contribution in [3.8, 4) is 11.5 Å². The van der Waals surface area contributed by atoms with Gasteiger partial charge in [-0.3, -0.25) is 0 Å². The lowest BCUT2D eigenvalue weighted by Gasteiger charge is -2.53. The molecule has 0 spiro atoms. The van der Waals surface area contributed by atoms with Gasteiger partial charge in [0.2, 0.25) is 0 Å². The van der Waals surface area contributed by atoms with Crippen molar-refractivity contribution in [2.24, 2.45) is 17.8 Å². The molecular weight excluding hydrogens is 336 g/mol. The van der Waals surface area contributed by atoms with Gasteiger partial charge in [-0.25, -0.2) is 0 Å². The maximum Gasteiger partial charge on any atom is 0.165 e. The average molecular weight is 371 g/mol. The second kappa shape index (κ2) is 6.66. The van der Waals surface area contributed by atoms with Crippen LogP contribution in [0.4, 0.5) is 0 Å². The first-order valence-electron chi connectivity index (χ1n) is 11.1. The first-order chi connectivity index (χ1) is 13.2. The number of hydrogen-bond donors (Lipinski definition) is 3. The molecule has 3 aliphatic carbocycles. The molecule has 5 rings (SSSR count). The Labute approximate surface area is 163 Å². The molecular formula is C23H34N2O2. The van der Waals surface area contributed by atoms with Gasteiger partial charge in [-0.2, -0.15) is 0 Å². The van der Waals surface area contributed by atoms with Crippen molar-refractivity contribution < 1.29 is 9.84 Å². The lowest BCUT2D eigenvalue weighted by molar-refractivity contribution is -0.0188. The Hall–Kier alpha value is -1.26. The summed E-state index contributed by atoms with van der Waals surface area (Å²) in [6.45, 7) is 4.56. The summed E-state index contributed by atoms with van der Waals surface area (Å²) in [6, 6.07) is 4.57. The standard InChI is InChI=1S/C23H34N2O2/c1-3-23-17-8-6-15(10-11-24-2)22(23)27-21-19(26)9-7-16(20(21)23)12-18(17)25-13-14-4-5-14/h7,9,14-15,17-18,22,24-26H,3-6,8,10-13H2,1-2H3/t15?,17?,18?,22?,23-/m1/s1. The number of phenolic OH excluding ortho intramolecular Hbond substituents is 1. The summed E-state index contributed by atoms with van der Waals surface area (Å²) in [6.07, 6.45) is 8.86. The molecule has 0 saturated heterocycles. The Morgan fingerprint density at radius 1 is 1.22 bits per heavy atom. The number of benzene rings is 1. The predicted molar refractivity (Wildman–Crippen MR) is 107 cm³/mol. The van der Waals surface area contributed by atoms with Crippen LogP contribution in [0.5, 0.6) is 11.5 Å². The highest BCUT2D eigenvalue weighted by molar-refractivity contribution is 5.60. The highest BCUT2D eigenvalue weighted by Crippen LogP contribution is 2.63. The van der Waals surface area contributed by atoms with Gasteiger partial charge in [0.1, 0.15) is 6.10 Å². The summed E-state index contributed by atoms with van der Waals surface area (Å²) in [7, 11) is 2.04. The third kappa shape index (κ3) is 2.63. The van der Waals surface area contributed by atoms with Crippen LogP contribution < -0.4 is 15.4 Å². The number of nitrogens with one attached hydrogen (secondary N) is 2. The molecule has 4 aliphatic rings. The molecule has 4 unspecified atom stereocenters. The molecule has 1 aliphatic heterocycles. The fourth-order valence-corrected chi connectivity index (χ4v) is 6.56. The summed E-state index contributed by atoms with van der Waals surface area (Å²) >= 11 is 0. The zero-order chi connectivity index (χ0) is 18.6. The van der Waals surface area contributed by atoms with Crippen LogP contribution in [0, 0.1) is 17.8 Å². The van der Waals surface area contributed by atoms with Crippen LogP contribution in [0.1, 0.15) is 56.6 Å². The van der Waals surface area contributed by atoms with Crippen LogP contribution >= 0.6 is 0 Å². The van der Waals surface area contributed by atoms with Gasteiger partial charge < -0.3 is 20.5 Å². The Bertz CT molecular complexity index is 717. The Morgan fingerprint density at radius 3 is 2.81 bits per heavy atom. The quantitative estimate of drug-likeness (QED) is 0.689. The van der Waals surface area contributed by atoms with E-state index in [0.29, 0.717) is 23.6 Å². The van der Waals surface area contributed by atoms with Crippen molar-refractivity contribution >= 4 is 0 Å². The molecule has 27 heavy (non-hydrogen) atoms. The topological polar surface area (TPSA) is 53.5 Å². The maximum absolute atomic E-state index is 10.6. The van der Waals surface area contributed by atoms with Gasteiger partial charge in [0.15, 0.2) is 11.5 Å². The minimum absolute atomic E-state index is 0.0690. The molecule has 0 radical (unpaired) electrons. The zero-order valence-electron chi connectivity index (χ0n) is 16.8. The monoisotopic (exact) mass is 370 g/mol. The summed E-state index contributed by atoms with van der Waals surface area (Å²) in [5.74, 6) is 3.23. The van der Waals surface area contributed by atoms with Crippen LogP contribution in [-0.4, -0.2) is 37.4 Å². The third-order valence-corrected chi connectivity index (χ3v) is 8.02. The SMILES string of the molecule is CC[C@@]12c3c4ccc(O)c3OC1C(CCNC)CCC2C(NCC1CC1)C4. The van der Waals surface area contributed by atoms with Gasteiger partial charge in [0, 0.05) is 17.0 Å². The zero-order valence-corrected chi connectivity index (χ0v) is 16.8. The highest BCUT2D eigenvalue weighted by Gasteiger charge is 2.62. The van der Waals surface area contributed by atoms with E-state index in [-0.39, 0.29) is 11.5 Å². The summed E-state index contributed by atoms with van der Waals surface area (Å²) in [5, 5.41) is 17.9. The summed E-state index contributed by atoms with van der Waals surface area (Å²) in [4.78, 5) is 0. The van der Waals surface area contributed by atoms with Crippen LogP contribution in [0.15, 0.2) is 12.1 Å². The van der Waals surface area contributed by atoms with E-state index in [1.807, 2.05) is 13.1 Å². The number of ether oxygens (including phenoxy) is 1. The lowest BCUT2D eigenvalue weighted by Crippen LogP contribution is -2.60. The van der Waals surface area contributed by atoms with Gasteiger partial charge in [-0.05, 0) is 94.5 Å². The molecule has 1 aromatic rings. The third-order valence-electron chi connectivity index (χ3n) is 8.02. The van der Waals surface area contributed by atoms with Crippen molar-refractivity contribution in [1.82, 2.24) is 10.6 Å². The fraction of sp³-hybridized carbons (Fsp3) is 0.739. The van der Waals surface area contributed by atoms with Crippen molar-refractivity contribution in [2.45, 2.75) is 69.4 Å². The van der Waals surface area contributed by atoms with E-state index in [1.165, 1.54) is 43.4 Å². The molecule has 1 heterocycles. The molecule has 0 bridgehead atoms. The molecule has 148 valence electrons. The van der Waals surface area contributed by atoms with Crippen LogP contribution in [0.2, 0.25) is 0 Å². The normalized spacial score (nSPS) is 36.4. The van der Waals surface area contributed by atoms with Crippen LogP contribution in [0.25, 0.3) is 0 Å². The van der Waals surface area contributed by atoms with Gasteiger partial charge in [-0.1, -0.05) is 13.0 Å². The van der Waals surface area contributed by atoms with Gasteiger partial charge >= 0.3 is 0 Å². The molecule has 2 saturated carbocycles. The Kier molecular flexibility index (Phi) is 4.40. The Balaban J connectivity index is 1.56. The minimum atomic E-state index is 0.0690. The molecule has 5 atom stereocenters. The van der Waals surface area contributed by atoms with E-state index < -0.39 is 0 Å². The number of rotatable bonds is 7. The van der Waals surface area contributed by atoms with E-state index in [4.69, 9.17) is 4.74 Å². The second-order valence-corrected chi connectivity index (χ2v) is 9.38. The molecule has 1 aromatic carbocycles. The van der Waals surface area contributed by atoms with Gasteiger partial charge in [0.25, 0.3) is 0 Å². The van der Waals surface area contributed by atoms with Gasteiger partial charge in [-0.15, -0.1) is 0 Å². The van der Waals surface area contributed by atoms with Crippen molar-refractivity contribution in [3.63, 3.8) is 0 Å².